The maximum atomic E-state index is 13.1. The lowest BCUT2D eigenvalue weighted by atomic mass is 10.0. The summed E-state index contributed by atoms with van der Waals surface area (Å²) >= 11 is 0. The highest BCUT2D eigenvalue weighted by molar-refractivity contribution is 7.90. The Hall–Kier alpha value is -1.85. The van der Waals surface area contributed by atoms with Gasteiger partial charge < -0.3 is 5.32 Å². The maximum absolute atomic E-state index is 13.1. The molecule has 0 bridgehead atoms. The van der Waals surface area contributed by atoms with Crippen LogP contribution in [-0.4, -0.2) is 26.7 Å². The number of sulfonamides is 1. The molecular weight excluding hydrogens is 361 g/mol. The molecule has 1 aliphatic carbocycles. The van der Waals surface area contributed by atoms with Gasteiger partial charge >= 0.3 is 12.2 Å². The van der Waals surface area contributed by atoms with E-state index >= 15 is 0 Å². The summed E-state index contributed by atoms with van der Waals surface area (Å²) in [6, 6.07) is 3.37. The summed E-state index contributed by atoms with van der Waals surface area (Å²) in [5, 5.41) is 2.55. The molecule has 1 aromatic carbocycles. The van der Waals surface area contributed by atoms with E-state index in [-0.39, 0.29) is 11.6 Å². The van der Waals surface area contributed by atoms with E-state index in [9.17, 15) is 26.4 Å². The molecule has 0 spiro atoms. The number of carbonyl (C=O) groups excluding carboxylic acids is 1. The maximum Gasteiger partial charge on any atom is 0.426 e. The summed E-state index contributed by atoms with van der Waals surface area (Å²) in [5.74, 6) is 0. The average molecular weight is 378 g/mol. The molecule has 0 aromatic heterocycles. The molecule has 2 amide bonds. The van der Waals surface area contributed by atoms with Gasteiger partial charge in [0.15, 0.2) is 0 Å². The van der Waals surface area contributed by atoms with Crippen molar-refractivity contribution in [2.75, 3.05) is 0 Å². The Kier molecular flexibility index (Phi) is 4.41. The molecule has 0 atom stereocenters. The number of urea groups is 1. The van der Waals surface area contributed by atoms with Gasteiger partial charge in [-0.2, -0.15) is 13.2 Å². The normalized spacial score (nSPS) is 20.3. The number of alkyl halides is 3. The third kappa shape index (κ3) is 3.58. The number of amides is 2. The average Bonchev–Trinajstić information content (AvgIpc) is 3.20. The van der Waals surface area contributed by atoms with E-state index in [0.717, 1.165) is 43.9 Å². The van der Waals surface area contributed by atoms with Crippen molar-refractivity contribution in [3.8, 4) is 0 Å². The van der Waals surface area contributed by atoms with E-state index in [0.29, 0.717) is 0 Å². The summed E-state index contributed by atoms with van der Waals surface area (Å²) < 4.78 is 65.7. The summed E-state index contributed by atoms with van der Waals surface area (Å²) in [5.41, 5.74) is 1.23. The van der Waals surface area contributed by atoms with E-state index in [1.807, 2.05) is 15.6 Å². The highest BCUT2D eigenvalue weighted by Gasteiger charge is 2.65. The second-order valence-corrected chi connectivity index (χ2v) is 7.77. The van der Waals surface area contributed by atoms with Crippen LogP contribution in [0.1, 0.15) is 31.2 Å². The lowest BCUT2D eigenvalue weighted by molar-refractivity contribution is -0.165. The van der Waals surface area contributed by atoms with Crippen molar-refractivity contribution in [2.45, 2.75) is 48.5 Å². The van der Waals surface area contributed by atoms with Crippen LogP contribution in [0.15, 0.2) is 29.2 Å². The Balaban J connectivity index is 1.76. The van der Waals surface area contributed by atoms with Crippen LogP contribution in [0.3, 0.4) is 0 Å². The zero-order valence-electron chi connectivity index (χ0n) is 13.0. The minimum Gasteiger partial charge on any atom is -0.335 e. The fourth-order valence-corrected chi connectivity index (χ4v) is 3.84. The fourth-order valence-electron chi connectivity index (χ4n) is 2.87. The standard InChI is InChI=1S/C14H17F3N4O3S/c15-14(16,17)13(20-21-13)9-4-3-7-11(8-9)25(23,24)19-12(22)18-10-5-1-2-6-10/h3-4,7-8,10,20-21H,1-2,5-6H2,(H2,18,19,22). The van der Waals surface area contributed by atoms with Crippen molar-refractivity contribution in [3.63, 3.8) is 0 Å². The van der Waals surface area contributed by atoms with E-state index < -0.39 is 32.8 Å². The van der Waals surface area contributed by atoms with Gasteiger partial charge in [0.25, 0.3) is 10.0 Å². The second kappa shape index (κ2) is 6.15. The van der Waals surface area contributed by atoms with Gasteiger partial charge in [-0.3, -0.25) is 0 Å². The quantitative estimate of drug-likeness (QED) is 0.591. The predicted molar refractivity (Wildman–Crippen MR) is 81.6 cm³/mol. The number of hydrogen-bond acceptors (Lipinski definition) is 5. The van der Waals surface area contributed by atoms with Crippen LogP contribution in [-0.2, 0) is 15.7 Å². The number of carbonyl (C=O) groups is 1. The van der Waals surface area contributed by atoms with E-state index in [1.54, 1.807) is 0 Å². The van der Waals surface area contributed by atoms with Gasteiger partial charge in [0.2, 0.25) is 5.66 Å². The van der Waals surface area contributed by atoms with Gasteiger partial charge in [-0.05, 0) is 30.5 Å². The highest BCUT2D eigenvalue weighted by atomic mass is 32.2. The first-order valence-electron chi connectivity index (χ1n) is 7.69. The molecule has 4 N–H and O–H groups in total. The van der Waals surface area contributed by atoms with Gasteiger partial charge in [0.1, 0.15) is 0 Å². The molecule has 1 heterocycles. The highest BCUT2D eigenvalue weighted by Crippen LogP contribution is 2.42. The molecule has 1 aliphatic heterocycles. The van der Waals surface area contributed by atoms with Crippen LogP contribution >= 0.6 is 0 Å². The Morgan fingerprint density at radius 1 is 1.20 bits per heavy atom. The van der Waals surface area contributed by atoms with Crippen molar-refractivity contribution in [1.82, 2.24) is 20.9 Å². The van der Waals surface area contributed by atoms with Gasteiger partial charge in [-0.25, -0.2) is 28.8 Å². The minimum absolute atomic E-state index is 0.0881. The number of nitrogens with one attached hydrogen (secondary N) is 4. The molecule has 138 valence electrons. The van der Waals surface area contributed by atoms with Gasteiger partial charge in [0, 0.05) is 6.04 Å². The monoisotopic (exact) mass is 378 g/mol. The number of rotatable bonds is 4. The first-order valence-corrected chi connectivity index (χ1v) is 9.17. The lowest BCUT2D eigenvalue weighted by Crippen LogP contribution is -2.43. The smallest absolute Gasteiger partial charge is 0.335 e. The molecule has 1 saturated carbocycles. The van der Waals surface area contributed by atoms with Crippen molar-refractivity contribution in [3.05, 3.63) is 29.8 Å². The molecule has 2 aliphatic rings. The summed E-state index contributed by atoms with van der Waals surface area (Å²) in [4.78, 5) is 11.4. The molecule has 25 heavy (non-hydrogen) atoms. The van der Waals surface area contributed by atoms with Crippen molar-refractivity contribution < 1.29 is 26.4 Å². The van der Waals surface area contributed by atoms with Crippen LogP contribution in [0.2, 0.25) is 0 Å². The molecule has 2 fully saturated rings. The largest absolute Gasteiger partial charge is 0.426 e. The molecule has 1 saturated heterocycles. The van der Waals surface area contributed by atoms with E-state index in [1.165, 1.54) is 6.07 Å². The van der Waals surface area contributed by atoms with Crippen molar-refractivity contribution >= 4 is 16.1 Å². The summed E-state index contributed by atoms with van der Waals surface area (Å²) in [6.45, 7) is 0. The Morgan fingerprint density at radius 2 is 1.84 bits per heavy atom. The third-order valence-corrected chi connectivity index (χ3v) is 5.62. The first kappa shape index (κ1) is 18.0. The number of halogens is 3. The van der Waals surface area contributed by atoms with Crippen LogP contribution in [0, 0.1) is 0 Å². The zero-order valence-corrected chi connectivity index (χ0v) is 13.8. The molecule has 0 radical (unpaired) electrons. The second-order valence-electron chi connectivity index (χ2n) is 6.09. The Morgan fingerprint density at radius 3 is 2.40 bits per heavy atom. The Bertz CT molecular complexity index is 772. The molecule has 3 rings (SSSR count). The number of hydrazine groups is 1. The number of hydrogen-bond donors (Lipinski definition) is 4. The fraction of sp³-hybridized carbons (Fsp3) is 0.500. The number of benzene rings is 1. The van der Waals surface area contributed by atoms with Gasteiger partial charge in [-0.15, -0.1) is 0 Å². The predicted octanol–water partition coefficient (Wildman–Crippen LogP) is 1.44. The first-order chi connectivity index (χ1) is 11.6. The third-order valence-electron chi connectivity index (χ3n) is 4.30. The molecule has 1 aromatic rings. The van der Waals surface area contributed by atoms with Crippen LogP contribution < -0.4 is 20.9 Å². The SMILES string of the molecule is O=C(NC1CCCC1)NS(=O)(=O)c1cccc(C2(C(F)(F)F)NN2)c1. The zero-order chi connectivity index (χ0) is 18.3. The van der Waals surface area contributed by atoms with Gasteiger partial charge in [-0.1, -0.05) is 25.0 Å². The van der Waals surface area contributed by atoms with Crippen LogP contribution in [0.4, 0.5) is 18.0 Å². The van der Waals surface area contributed by atoms with Crippen LogP contribution in [0.25, 0.3) is 0 Å². The van der Waals surface area contributed by atoms with Crippen molar-refractivity contribution in [1.29, 1.82) is 0 Å². The van der Waals surface area contributed by atoms with E-state index in [4.69, 9.17) is 0 Å². The molecule has 0 unspecified atom stereocenters. The Labute approximate surface area is 142 Å². The lowest BCUT2D eigenvalue weighted by Gasteiger charge is -2.17. The van der Waals surface area contributed by atoms with Crippen molar-refractivity contribution in [2.24, 2.45) is 0 Å². The molecular formula is C14H17F3N4O3S. The minimum atomic E-state index is -4.65. The molecule has 7 nitrogen and oxygen atoms in total. The summed E-state index contributed by atoms with van der Waals surface area (Å²) in [7, 11) is -4.29. The summed E-state index contributed by atoms with van der Waals surface area (Å²) in [6.07, 6.45) is -1.19. The molecule has 11 heteroatoms. The topological polar surface area (TPSA) is 119 Å². The van der Waals surface area contributed by atoms with Crippen LogP contribution in [0.5, 0.6) is 0 Å². The van der Waals surface area contributed by atoms with E-state index in [2.05, 4.69) is 5.32 Å². The van der Waals surface area contributed by atoms with Gasteiger partial charge in [0.05, 0.1) is 4.90 Å².